The maximum atomic E-state index is 5.71. The number of hydrazine groups is 1. The van der Waals surface area contributed by atoms with Gasteiger partial charge in [-0.05, 0) is 44.2 Å². The minimum atomic E-state index is 0.251. The van der Waals surface area contributed by atoms with Crippen molar-refractivity contribution in [2.24, 2.45) is 5.84 Å². The molecule has 2 atom stereocenters. The topological polar surface area (TPSA) is 38.0 Å². The van der Waals surface area contributed by atoms with Crippen LogP contribution in [0.2, 0.25) is 0 Å². The van der Waals surface area contributed by atoms with Crippen molar-refractivity contribution < 1.29 is 0 Å². The number of nitrogens with one attached hydrogen (secondary N) is 1. The van der Waals surface area contributed by atoms with Gasteiger partial charge in [0.2, 0.25) is 0 Å². The zero-order chi connectivity index (χ0) is 12.3. The first-order chi connectivity index (χ1) is 8.22. The molecule has 0 spiro atoms. The van der Waals surface area contributed by atoms with E-state index in [1.807, 2.05) is 0 Å². The Morgan fingerprint density at radius 1 is 1.41 bits per heavy atom. The molecule has 1 aliphatic carbocycles. The van der Waals surface area contributed by atoms with Crippen molar-refractivity contribution in [1.82, 2.24) is 5.43 Å². The van der Waals surface area contributed by atoms with Crippen molar-refractivity contribution in [3.63, 3.8) is 0 Å². The van der Waals surface area contributed by atoms with Crippen LogP contribution < -0.4 is 11.3 Å². The van der Waals surface area contributed by atoms with Gasteiger partial charge in [-0.1, -0.05) is 35.9 Å². The second-order valence-electron chi connectivity index (χ2n) is 5.13. The lowest BCUT2D eigenvalue weighted by Gasteiger charge is -2.30. The maximum Gasteiger partial charge on any atom is 0.0461 e. The first kappa shape index (κ1) is 12.3. The minimum absolute atomic E-state index is 0.251. The van der Waals surface area contributed by atoms with Gasteiger partial charge in [0.25, 0.3) is 0 Å². The Balaban J connectivity index is 2.31. The molecular formula is C15H22N2. The third kappa shape index (κ3) is 2.76. The second-order valence-corrected chi connectivity index (χ2v) is 5.13. The fraction of sp³-hybridized carbons (Fsp3) is 0.467. The number of hydrogen-bond donors (Lipinski definition) is 2. The number of nitrogens with two attached hydrogens (primary N) is 1. The van der Waals surface area contributed by atoms with E-state index in [1.54, 1.807) is 0 Å². The number of benzene rings is 1. The van der Waals surface area contributed by atoms with Crippen LogP contribution in [-0.4, -0.2) is 6.04 Å². The van der Waals surface area contributed by atoms with Crippen LogP contribution in [0.3, 0.4) is 0 Å². The third-order valence-corrected chi connectivity index (χ3v) is 3.55. The fourth-order valence-electron chi connectivity index (χ4n) is 2.80. The number of hydrogen-bond acceptors (Lipinski definition) is 2. The van der Waals surface area contributed by atoms with Gasteiger partial charge in [-0.25, -0.2) is 0 Å². The van der Waals surface area contributed by atoms with Crippen molar-refractivity contribution in [1.29, 1.82) is 0 Å². The van der Waals surface area contributed by atoms with Crippen molar-refractivity contribution in [3.05, 3.63) is 47.0 Å². The highest BCUT2D eigenvalue weighted by Gasteiger charge is 2.25. The van der Waals surface area contributed by atoms with Gasteiger partial charge in [0, 0.05) is 12.0 Å². The van der Waals surface area contributed by atoms with E-state index in [0.29, 0.717) is 5.92 Å². The smallest absolute Gasteiger partial charge is 0.0461 e. The van der Waals surface area contributed by atoms with Gasteiger partial charge in [0.1, 0.15) is 0 Å². The first-order valence-corrected chi connectivity index (χ1v) is 6.41. The molecule has 17 heavy (non-hydrogen) atoms. The van der Waals surface area contributed by atoms with Crippen LogP contribution in [0.5, 0.6) is 0 Å². The minimum Gasteiger partial charge on any atom is -0.271 e. The quantitative estimate of drug-likeness (QED) is 0.476. The predicted molar refractivity (Wildman–Crippen MR) is 72.7 cm³/mol. The molecule has 0 radical (unpaired) electrons. The van der Waals surface area contributed by atoms with E-state index < -0.39 is 0 Å². The summed E-state index contributed by atoms with van der Waals surface area (Å²) in [5.41, 5.74) is 7.25. The van der Waals surface area contributed by atoms with Gasteiger partial charge in [0.15, 0.2) is 0 Å². The van der Waals surface area contributed by atoms with Crippen molar-refractivity contribution in [3.8, 4) is 0 Å². The lowest BCUT2D eigenvalue weighted by molar-refractivity contribution is 0.449. The lowest BCUT2D eigenvalue weighted by Crippen LogP contribution is -2.39. The van der Waals surface area contributed by atoms with Gasteiger partial charge >= 0.3 is 0 Å². The van der Waals surface area contributed by atoms with Crippen LogP contribution in [0.4, 0.5) is 0 Å². The molecule has 3 N–H and O–H groups in total. The molecule has 1 aliphatic rings. The van der Waals surface area contributed by atoms with Crippen LogP contribution in [0, 0.1) is 0 Å². The maximum absolute atomic E-state index is 5.71. The van der Waals surface area contributed by atoms with Crippen molar-refractivity contribution in [2.75, 3.05) is 0 Å². The third-order valence-electron chi connectivity index (χ3n) is 3.55. The molecule has 0 saturated heterocycles. The van der Waals surface area contributed by atoms with Gasteiger partial charge in [-0.15, -0.1) is 0 Å². The lowest BCUT2D eigenvalue weighted by atomic mass is 9.78. The summed E-state index contributed by atoms with van der Waals surface area (Å²) in [4.78, 5) is 0. The predicted octanol–water partition coefficient (Wildman–Crippen LogP) is 2.90. The van der Waals surface area contributed by atoms with Gasteiger partial charge in [0.05, 0.1) is 0 Å². The first-order valence-electron chi connectivity index (χ1n) is 6.41. The summed E-state index contributed by atoms with van der Waals surface area (Å²) in [5, 5.41) is 0. The van der Waals surface area contributed by atoms with E-state index >= 15 is 0 Å². The molecule has 0 aliphatic heterocycles. The Kier molecular flexibility index (Phi) is 3.97. The van der Waals surface area contributed by atoms with E-state index in [-0.39, 0.29) is 6.04 Å². The van der Waals surface area contributed by atoms with Gasteiger partial charge < -0.3 is 0 Å². The van der Waals surface area contributed by atoms with Crippen molar-refractivity contribution >= 4 is 0 Å². The molecule has 1 aromatic carbocycles. The number of fused-ring (bicyclic) bond motifs is 1. The number of aryl methyl sites for hydroxylation is 1. The zero-order valence-corrected chi connectivity index (χ0v) is 10.7. The molecule has 0 fully saturated rings. The highest BCUT2D eigenvalue weighted by molar-refractivity contribution is 5.34. The van der Waals surface area contributed by atoms with Crippen LogP contribution in [0.15, 0.2) is 35.9 Å². The molecule has 0 amide bonds. The Morgan fingerprint density at radius 2 is 2.18 bits per heavy atom. The molecule has 2 heteroatoms. The second kappa shape index (κ2) is 5.48. The molecule has 0 bridgehead atoms. The Hall–Kier alpha value is -1.12. The van der Waals surface area contributed by atoms with Crippen LogP contribution in [0.1, 0.15) is 43.7 Å². The number of rotatable bonds is 3. The van der Waals surface area contributed by atoms with Crippen LogP contribution in [-0.2, 0) is 6.42 Å². The summed E-state index contributed by atoms with van der Waals surface area (Å²) in [6.07, 6.45) is 5.93. The zero-order valence-electron chi connectivity index (χ0n) is 10.7. The van der Waals surface area contributed by atoms with Crippen molar-refractivity contribution in [2.45, 2.75) is 45.1 Å². The van der Waals surface area contributed by atoms with E-state index in [1.165, 1.54) is 36.0 Å². The summed E-state index contributed by atoms with van der Waals surface area (Å²) in [6.45, 7) is 4.25. The summed E-state index contributed by atoms with van der Waals surface area (Å²) in [6, 6.07) is 9.02. The fourth-order valence-corrected chi connectivity index (χ4v) is 2.80. The Morgan fingerprint density at radius 3 is 2.88 bits per heavy atom. The molecule has 2 rings (SSSR count). The van der Waals surface area contributed by atoms with E-state index in [9.17, 15) is 0 Å². The molecule has 0 aromatic heterocycles. The molecule has 92 valence electrons. The SMILES string of the molecule is CC(C)=CC(NN)C1CCCc2ccccc21. The normalized spacial score (nSPS) is 20.5. The van der Waals surface area contributed by atoms with Gasteiger partial charge in [-0.2, -0.15) is 0 Å². The summed E-state index contributed by atoms with van der Waals surface area (Å²) >= 11 is 0. The molecule has 1 aromatic rings. The highest BCUT2D eigenvalue weighted by Crippen LogP contribution is 2.34. The molecule has 0 saturated carbocycles. The summed E-state index contributed by atoms with van der Waals surface area (Å²) in [5.74, 6) is 6.23. The largest absolute Gasteiger partial charge is 0.271 e. The molecule has 2 nitrogen and oxygen atoms in total. The summed E-state index contributed by atoms with van der Waals surface area (Å²) < 4.78 is 0. The average Bonchev–Trinajstić information content (AvgIpc) is 2.35. The van der Waals surface area contributed by atoms with E-state index in [2.05, 4.69) is 49.6 Å². The Bertz CT molecular complexity index is 405. The van der Waals surface area contributed by atoms with E-state index in [0.717, 1.165) is 0 Å². The number of allylic oxidation sites excluding steroid dienone is 1. The Labute approximate surface area is 104 Å². The van der Waals surface area contributed by atoms with Crippen LogP contribution >= 0.6 is 0 Å². The molecule has 0 heterocycles. The standard InChI is InChI=1S/C15H22N2/c1-11(2)10-15(17-16)14-9-5-7-12-6-3-4-8-13(12)14/h3-4,6,8,10,14-15,17H,5,7,9,16H2,1-2H3. The van der Waals surface area contributed by atoms with E-state index in [4.69, 9.17) is 5.84 Å². The molecular weight excluding hydrogens is 208 g/mol. The monoisotopic (exact) mass is 230 g/mol. The average molecular weight is 230 g/mol. The summed E-state index contributed by atoms with van der Waals surface area (Å²) in [7, 11) is 0. The van der Waals surface area contributed by atoms with Crippen LogP contribution in [0.25, 0.3) is 0 Å². The highest BCUT2D eigenvalue weighted by atomic mass is 15.2. The van der Waals surface area contributed by atoms with Gasteiger partial charge in [-0.3, -0.25) is 11.3 Å². The molecule has 2 unspecified atom stereocenters.